The molecule has 2 aromatic heterocycles. The summed E-state index contributed by atoms with van der Waals surface area (Å²) >= 11 is 0. The van der Waals surface area contributed by atoms with Crippen molar-refractivity contribution in [2.45, 2.75) is 32.4 Å². The average Bonchev–Trinajstić information content (AvgIpc) is 3.52. The van der Waals surface area contributed by atoms with Crippen molar-refractivity contribution in [2.75, 3.05) is 32.8 Å². The number of hydrogen-bond donors (Lipinski definition) is 0. The van der Waals surface area contributed by atoms with Crippen LogP contribution in [0.1, 0.15) is 25.5 Å². The van der Waals surface area contributed by atoms with Crippen molar-refractivity contribution in [3.05, 3.63) is 35.4 Å². The normalized spacial score (nSPS) is 26.4. The van der Waals surface area contributed by atoms with Crippen LogP contribution in [0.2, 0.25) is 0 Å². The Morgan fingerprint density at radius 3 is 2.72 bits per heavy atom. The molecule has 0 saturated carbocycles. The number of aromatic nitrogens is 6. The number of ether oxygens (including phenoxy) is 1. The number of hydrogen-bond acceptors (Lipinski definition) is 9. The van der Waals surface area contributed by atoms with Crippen LogP contribution in [0.5, 0.6) is 0 Å². The molecule has 1 amide bonds. The number of esters is 1. The molecule has 3 aliphatic rings. The number of alkyl halides is 1. The zero-order chi connectivity index (χ0) is 22.3. The monoisotopic (exact) mass is 442 g/mol. The maximum absolute atomic E-state index is 15.4. The molecule has 5 rings (SSSR count). The lowest BCUT2D eigenvalue weighted by atomic mass is 9.75. The summed E-state index contributed by atoms with van der Waals surface area (Å²) in [4.78, 5) is 28.4. The molecule has 32 heavy (non-hydrogen) atoms. The first kappa shape index (κ1) is 20.6. The van der Waals surface area contributed by atoms with E-state index < -0.39 is 17.6 Å². The Bertz CT molecular complexity index is 1060. The van der Waals surface area contributed by atoms with E-state index in [1.54, 1.807) is 17.9 Å². The molecular weight excluding hydrogens is 419 g/mol. The van der Waals surface area contributed by atoms with E-state index in [4.69, 9.17) is 4.74 Å². The highest BCUT2D eigenvalue weighted by Gasteiger charge is 2.55. The summed E-state index contributed by atoms with van der Waals surface area (Å²) in [6.07, 6.45) is 1.70. The Hall–Kier alpha value is -3.28. The zero-order valence-electron chi connectivity index (χ0n) is 17.6. The molecule has 2 unspecified atom stereocenters. The van der Waals surface area contributed by atoms with Crippen LogP contribution in [0.3, 0.4) is 0 Å². The van der Waals surface area contributed by atoms with Gasteiger partial charge in [0.15, 0.2) is 5.82 Å². The molecule has 0 radical (unpaired) electrons. The van der Waals surface area contributed by atoms with Crippen molar-refractivity contribution in [3.63, 3.8) is 0 Å². The van der Waals surface area contributed by atoms with Crippen LogP contribution >= 0.6 is 0 Å². The van der Waals surface area contributed by atoms with Crippen molar-refractivity contribution in [1.82, 2.24) is 40.2 Å². The van der Waals surface area contributed by atoms with Gasteiger partial charge in [0.05, 0.1) is 22.4 Å². The SMILES string of the molecule is CC1=C(N2CCC3(CCN(CCc4ccc(-n5cnnn5)nn4)CC3F)C2=O)COC1=O. The van der Waals surface area contributed by atoms with Gasteiger partial charge < -0.3 is 9.64 Å². The molecule has 5 heterocycles. The Labute approximate surface area is 183 Å². The summed E-state index contributed by atoms with van der Waals surface area (Å²) in [5.41, 5.74) is 0.794. The lowest BCUT2D eigenvalue weighted by Gasteiger charge is -2.40. The van der Waals surface area contributed by atoms with Crippen LogP contribution in [-0.4, -0.2) is 91.0 Å². The van der Waals surface area contributed by atoms with Crippen molar-refractivity contribution in [1.29, 1.82) is 0 Å². The fourth-order valence-corrected chi connectivity index (χ4v) is 4.67. The molecule has 2 saturated heterocycles. The van der Waals surface area contributed by atoms with Crippen LogP contribution in [-0.2, 0) is 20.7 Å². The number of nitrogens with zero attached hydrogens (tertiary/aromatic N) is 8. The number of halogens is 1. The van der Waals surface area contributed by atoms with Gasteiger partial charge in [0.25, 0.3) is 0 Å². The predicted octanol–water partition coefficient (Wildman–Crippen LogP) is 0.0881. The predicted molar refractivity (Wildman–Crippen MR) is 107 cm³/mol. The number of amides is 1. The van der Waals surface area contributed by atoms with Gasteiger partial charge in [0, 0.05) is 26.1 Å². The third-order valence-electron chi connectivity index (χ3n) is 6.72. The molecule has 12 heteroatoms. The zero-order valence-corrected chi connectivity index (χ0v) is 17.6. The maximum atomic E-state index is 15.4. The molecule has 168 valence electrons. The highest BCUT2D eigenvalue weighted by Crippen LogP contribution is 2.45. The molecule has 0 bridgehead atoms. The quantitative estimate of drug-likeness (QED) is 0.593. The first-order valence-electron chi connectivity index (χ1n) is 10.6. The van der Waals surface area contributed by atoms with Gasteiger partial charge >= 0.3 is 5.97 Å². The van der Waals surface area contributed by atoms with Crippen molar-refractivity contribution < 1.29 is 18.7 Å². The largest absolute Gasteiger partial charge is 0.456 e. The van der Waals surface area contributed by atoms with E-state index in [-0.39, 0.29) is 19.1 Å². The number of cyclic esters (lactones) is 1. The first-order valence-corrected chi connectivity index (χ1v) is 10.6. The highest BCUT2D eigenvalue weighted by atomic mass is 19.1. The third-order valence-corrected chi connectivity index (χ3v) is 6.72. The maximum Gasteiger partial charge on any atom is 0.336 e. The Kier molecular flexibility index (Phi) is 5.16. The Morgan fingerprint density at radius 2 is 2.06 bits per heavy atom. The van der Waals surface area contributed by atoms with Crippen molar-refractivity contribution in [2.24, 2.45) is 5.41 Å². The van der Waals surface area contributed by atoms with E-state index in [1.807, 2.05) is 11.0 Å². The lowest BCUT2D eigenvalue weighted by Crippen LogP contribution is -2.53. The Morgan fingerprint density at radius 1 is 1.22 bits per heavy atom. The third kappa shape index (κ3) is 3.44. The summed E-state index contributed by atoms with van der Waals surface area (Å²) < 4.78 is 21.8. The minimum atomic E-state index is -1.26. The summed E-state index contributed by atoms with van der Waals surface area (Å²) in [6.45, 7) is 3.61. The number of carbonyl (C=O) groups is 2. The van der Waals surface area contributed by atoms with Gasteiger partial charge in [0.2, 0.25) is 5.91 Å². The van der Waals surface area contributed by atoms with Gasteiger partial charge in [0.1, 0.15) is 19.1 Å². The van der Waals surface area contributed by atoms with Crippen molar-refractivity contribution in [3.8, 4) is 5.82 Å². The number of likely N-dealkylation sites (tertiary alicyclic amines) is 2. The van der Waals surface area contributed by atoms with E-state index in [0.717, 1.165) is 5.69 Å². The van der Waals surface area contributed by atoms with Crippen LogP contribution in [0.15, 0.2) is 29.7 Å². The summed E-state index contributed by atoms with van der Waals surface area (Å²) in [7, 11) is 0. The van der Waals surface area contributed by atoms with E-state index in [2.05, 4.69) is 25.7 Å². The molecule has 11 nitrogen and oxygen atoms in total. The van der Waals surface area contributed by atoms with E-state index in [9.17, 15) is 9.59 Å². The van der Waals surface area contributed by atoms with Crippen LogP contribution in [0.25, 0.3) is 5.82 Å². The van der Waals surface area contributed by atoms with Gasteiger partial charge in [-0.2, -0.15) is 9.78 Å². The first-order chi connectivity index (χ1) is 15.5. The molecule has 2 aromatic rings. The fraction of sp³-hybridized carbons (Fsp3) is 0.550. The molecule has 3 aliphatic heterocycles. The topological polar surface area (TPSA) is 119 Å². The van der Waals surface area contributed by atoms with Gasteiger partial charge in [-0.25, -0.2) is 9.18 Å². The summed E-state index contributed by atoms with van der Waals surface area (Å²) in [5.74, 6) is -0.109. The number of carbonyl (C=O) groups excluding carboxylic acids is 2. The average molecular weight is 442 g/mol. The molecule has 1 spiro atoms. The van der Waals surface area contributed by atoms with Crippen LogP contribution in [0.4, 0.5) is 4.39 Å². The van der Waals surface area contributed by atoms with E-state index in [1.165, 1.54) is 11.0 Å². The summed E-state index contributed by atoms with van der Waals surface area (Å²) in [5, 5.41) is 19.2. The standard InChI is InChI=1S/C20H23FN8O3/c1-13-15(11-32-18(13)30)28-9-6-20(19(28)31)5-8-27(10-16(20)21)7-4-14-2-3-17(24-23-14)29-12-22-25-26-29/h2-3,12,16H,4-11H2,1H3. The molecule has 0 N–H and O–H groups in total. The second kappa shape index (κ2) is 8.01. The van der Waals surface area contributed by atoms with E-state index >= 15 is 4.39 Å². The Balaban J connectivity index is 1.19. The molecular formula is C20H23FN8O3. The van der Waals surface area contributed by atoms with Crippen molar-refractivity contribution >= 4 is 11.9 Å². The summed E-state index contributed by atoms with van der Waals surface area (Å²) in [6, 6.07) is 3.63. The molecule has 2 atom stereocenters. The van der Waals surface area contributed by atoms with Gasteiger partial charge in [-0.3, -0.25) is 9.69 Å². The van der Waals surface area contributed by atoms with Gasteiger partial charge in [-0.1, -0.05) is 0 Å². The second-order valence-electron chi connectivity index (χ2n) is 8.42. The second-order valence-corrected chi connectivity index (χ2v) is 8.42. The molecule has 2 fully saturated rings. The van der Waals surface area contributed by atoms with Crippen LogP contribution < -0.4 is 0 Å². The van der Waals surface area contributed by atoms with Crippen LogP contribution in [0, 0.1) is 5.41 Å². The fourth-order valence-electron chi connectivity index (χ4n) is 4.67. The molecule has 0 aromatic carbocycles. The molecule has 0 aliphatic carbocycles. The van der Waals surface area contributed by atoms with E-state index in [0.29, 0.717) is 56.0 Å². The number of tetrazole rings is 1. The number of rotatable bonds is 5. The van der Waals surface area contributed by atoms with Gasteiger partial charge in [-0.05, 0) is 48.9 Å². The number of piperidine rings is 1. The highest BCUT2D eigenvalue weighted by molar-refractivity contribution is 5.94. The smallest absolute Gasteiger partial charge is 0.336 e. The minimum absolute atomic E-state index is 0.0861. The van der Waals surface area contributed by atoms with Gasteiger partial charge in [-0.15, -0.1) is 10.2 Å². The lowest BCUT2D eigenvalue weighted by molar-refractivity contribution is -0.142. The minimum Gasteiger partial charge on any atom is -0.456 e.